The summed E-state index contributed by atoms with van der Waals surface area (Å²) in [5.74, 6) is 0.864. The van der Waals surface area contributed by atoms with Gasteiger partial charge in [-0.15, -0.1) is 0 Å². The molecule has 1 amide bonds. The summed E-state index contributed by atoms with van der Waals surface area (Å²) >= 11 is 0. The Bertz CT molecular complexity index is 491. The zero-order valence-corrected chi connectivity index (χ0v) is 15.1. The summed E-state index contributed by atoms with van der Waals surface area (Å²) in [4.78, 5) is 14.7. The van der Waals surface area contributed by atoms with E-state index in [1.54, 1.807) is 7.11 Å². The van der Waals surface area contributed by atoms with Gasteiger partial charge in [-0.2, -0.15) is 0 Å². The van der Waals surface area contributed by atoms with Crippen molar-refractivity contribution in [2.75, 3.05) is 34.3 Å². The lowest BCUT2D eigenvalue weighted by atomic mass is 9.81. The smallest absolute Gasteiger partial charge is 0.227 e. The minimum absolute atomic E-state index is 0.0340. The number of amides is 1. The van der Waals surface area contributed by atoms with E-state index in [1.165, 1.54) is 0 Å². The molecule has 0 aliphatic heterocycles. The van der Waals surface area contributed by atoms with Crippen molar-refractivity contribution in [2.45, 2.75) is 32.7 Å². The maximum absolute atomic E-state index is 12.6. The van der Waals surface area contributed by atoms with Crippen molar-refractivity contribution >= 4 is 5.91 Å². The quantitative estimate of drug-likeness (QED) is 0.731. The molecule has 130 valence electrons. The van der Waals surface area contributed by atoms with E-state index in [0.717, 1.165) is 24.2 Å². The maximum atomic E-state index is 12.6. The number of nitrogens with one attached hydrogen (secondary N) is 1. The zero-order chi connectivity index (χ0) is 17.5. The summed E-state index contributed by atoms with van der Waals surface area (Å²) in [7, 11) is 5.66. The normalized spacial score (nSPS) is 13.0. The van der Waals surface area contributed by atoms with Crippen molar-refractivity contribution in [2.24, 2.45) is 11.1 Å². The van der Waals surface area contributed by atoms with Crippen molar-refractivity contribution in [3.8, 4) is 5.75 Å². The van der Waals surface area contributed by atoms with Crippen molar-refractivity contribution in [1.29, 1.82) is 0 Å². The molecular weight excluding hydrogens is 290 g/mol. The summed E-state index contributed by atoms with van der Waals surface area (Å²) in [5, 5.41) is 3.09. The fraction of sp³-hybridized carbons (Fsp3) is 0.611. The molecule has 1 unspecified atom stereocenters. The number of benzene rings is 1. The van der Waals surface area contributed by atoms with Crippen LogP contribution in [0.3, 0.4) is 0 Å². The molecule has 0 heterocycles. The van der Waals surface area contributed by atoms with E-state index in [4.69, 9.17) is 10.5 Å². The van der Waals surface area contributed by atoms with Crippen LogP contribution in [0.5, 0.6) is 5.75 Å². The third-order valence-corrected chi connectivity index (χ3v) is 4.80. The van der Waals surface area contributed by atoms with Gasteiger partial charge in [0, 0.05) is 18.7 Å². The van der Waals surface area contributed by atoms with Crippen LogP contribution in [-0.4, -0.2) is 45.1 Å². The topological polar surface area (TPSA) is 67.6 Å². The van der Waals surface area contributed by atoms with Crippen molar-refractivity contribution in [3.63, 3.8) is 0 Å². The fourth-order valence-electron chi connectivity index (χ4n) is 2.84. The van der Waals surface area contributed by atoms with Gasteiger partial charge in [-0.05, 0) is 33.0 Å². The van der Waals surface area contributed by atoms with Crippen molar-refractivity contribution in [1.82, 2.24) is 10.2 Å². The predicted octanol–water partition coefficient (Wildman–Crippen LogP) is 2.18. The van der Waals surface area contributed by atoms with Crippen LogP contribution >= 0.6 is 0 Å². The molecule has 3 N–H and O–H groups in total. The number of hydrogen-bond donors (Lipinski definition) is 2. The Morgan fingerprint density at radius 1 is 1.30 bits per heavy atom. The summed E-state index contributed by atoms with van der Waals surface area (Å²) in [6.07, 6.45) is 1.49. The first-order chi connectivity index (χ1) is 11.0. The number of rotatable bonds is 9. The number of methoxy groups -OCH3 is 1. The second-order valence-corrected chi connectivity index (χ2v) is 6.12. The fourth-order valence-corrected chi connectivity index (χ4v) is 2.84. The second kappa shape index (κ2) is 8.89. The molecule has 0 spiro atoms. The van der Waals surface area contributed by atoms with E-state index in [-0.39, 0.29) is 11.9 Å². The Morgan fingerprint density at radius 2 is 1.91 bits per heavy atom. The third kappa shape index (κ3) is 4.45. The van der Waals surface area contributed by atoms with E-state index in [0.29, 0.717) is 13.1 Å². The number of carbonyl (C=O) groups excluding carboxylic acids is 1. The lowest BCUT2D eigenvalue weighted by Crippen LogP contribution is -2.47. The first-order valence-electron chi connectivity index (χ1n) is 8.23. The van der Waals surface area contributed by atoms with Gasteiger partial charge in [0.05, 0.1) is 18.6 Å². The number of nitrogens with zero attached hydrogens (tertiary/aromatic N) is 1. The highest BCUT2D eigenvalue weighted by atomic mass is 16.5. The molecule has 0 saturated heterocycles. The molecule has 0 radical (unpaired) electrons. The van der Waals surface area contributed by atoms with Crippen LogP contribution in [0.25, 0.3) is 0 Å². The van der Waals surface area contributed by atoms with Crippen LogP contribution in [0.2, 0.25) is 0 Å². The van der Waals surface area contributed by atoms with Crippen LogP contribution in [-0.2, 0) is 4.79 Å². The molecule has 23 heavy (non-hydrogen) atoms. The van der Waals surface area contributed by atoms with Crippen molar-refractivity contribution in [3.05, 3.63) is 29.8 Å². The van der Waals surface area contributed by atoms with Gasteiger partial charge in [0.25, 0.3) is 0 Å². The molecule has 1 rings (SSSR count). The minimum Gasteiger partial charge on any atom is -0.496 e. The highest BCUT2D eigenvalue weighted by Crippen LogP contribution is 2.29. The van der Waals surface area contributed by atoms with Gasteiger partial charge in [0.2, 0.25) is 5.91 Å². The predicted molar refractivity (Wildman–Crippen MR) is 94.5 cm³/mol. The van der Waals surface area contributed by atoms with E-state index in [9.17, 15) is 4.79 Å². The molecule has 0 bridgehead atoms. The van der Waals surface area contributed by atoms with Gasteiger partial charge < -0.3 is 20.7 Å². The second-order valence-electron chi connectivity index (χ2n) is 6.12. The SMILES string of the molecule is CCC(CC)(CN)C(=O)NCC(c1ccccc1OC)N(C)C. The Labute approximate surface area is 140 Å². The van der Waals surface area contributed by atoms with E-state index in [1.807, 2.05) is 52.2 Å². The highest BCUT2D eigenvalue weighted by Gasteiger charge is 2.33. The van der Waals surface area contributed by atoms with Gasteiger partial charge in [0.15, 0.2) is 0 Å². The summed E-state index contributed by atoms with van der Waals surface area (Å²) in [6.45, 7) is 4.92. The summed E-state index contributed by atoms with van der Waals surface area (Å²) in [6, 6.07) is 7.94. The number of likely N-dealkylation sites (N-methyl/N-ethyl adjacent to an activating group) is 1. The maximum Gasteiger partial charge on any atom is 0.227 e. The summed E-state index contributed by atoms with van der Waals surface area (Å²) < 4.78 is 5.45. The van der Waals surface area contributed by atoms with Crippen LogP contribution in [0.15, 0.2) is 24.3 Å². The number of ether oxygens (including phenoxy) is 1. The number of hydrogen-bond acceptors (Lipinski definition) is 4. The Balaban J connectivity index is 2.92. The molecule has 1 aromatic rings. The Kier molecular flexibility index (Phi) is 7.52. The van der Waals surface area contributed by atoms with Crippen LogP contribution < -0.4 is 15.8 Å². The third-order valence-electron chi connectivity index (χ3n) is 4.80. The van der Waals surface area contributed by atoms with E-state index < -0.39 is 5.41 Å². The van der Waals surface area contributed by atoms with E-state index in [2.05, 4.69) is 10.2 Å². The Morgan fingerprint density at radius 3 is 2.39 bits per heavy atom. The summed E-state index contributed by atoms with van der Waals surface area (Å²) in [5.41, 5.74) is 6.45. The van der Waals surface area contributed by atoms with Gasteiger partial charge in [-0.25, -0.2) is 0 Å². The van der Waals surface area contributed by atoms with Crippen LogP contribution in [0.4, 0.5) is 0 Å². The number of para-hydroxylation sites is 1. The standard InChI is InChI=1S/C18H31N3O2/c1-6-18(7-2,13-19)17(22)20-12-15(21(3)4)14-10-8-9-11-16(14)23-5/h8-11,15H,6-7,12-13,19H2,1-5H3,(H,20,22). The molecule has 0 aliphatic carbocycles. The molecule has 5 nitrogen and oxygen atoms in total. The molecule has 5 heteroatoms. The molecule has 0 fully saturated rings. The monoisotopic (exact) mass is 321 g/mol. The molecule has 0 saturated carbocycles. The average molecular weight is 321 g/mol. The minimum atomic E-state index is -0.475. The Hall–Kier alpha value is -1.59. The number of carbonyl (C=O) groups is 1. The van der Waals surface area contributed by atoms with Gasteiger partial charge in [-0.1, -0.05) is 32.0 Å². The number of nitrogens with two attached hydrogens (primary N) is 1. The molecule has 1 atom stereocenters. The van der Waals surface area contributed by atoms with Crippen LogP contribution in [0, 0.1) is 5.41 Å². The molecule has 1 aromatic carbocycles. The highest BCUT2D eigenvalue weighted by molar-refractivity contribution is 5.82. The van der Waals surface area contributed by atoms with Crippen LogP contribution in [0.1, 0.15) is 38.3 Å². The lowest BCUT2D eigenvalue weighted by molar-refractivity contribution is -0.131. The van der Waals surface area contributed by atoms with Gasteiger partial charge in [0.1, 0.15) is 5.75 Å². The van der Waals surface area contributed by atoms with Gasteiger partial charge in [-0.3, -0.25) is 4.79 Å². The van der Waals surface area contributed by atoms with Gasteiger partial charge >= 0.3 is 0 Å². The lowest BCUT2D eigenvalue weighted by Gasteiger charge is -2.31. The molecule has 0 aromatic heterocycles. The van der Waals surface area contributed by atoms with Crippen molar-refractivity contribution < 1.29 is 9.53 Å². The molecular formula is C18H31N3O2. The first kappa shape index (κ1) is 19.5. The van der Waals surface area contributed by atoms with E-state index >= 15 is 0 Å². The molecule has 0 aliphatic rings. The zero-order valence-electron chi connectivity index (χ0n) is 15.1. The average Bonchev–Trinajstić information content (AvgIpc) is 2.57. The first-order valence-corrected chi connectivity index (χ1v) is 8.23. The largest absolute Gasteiger partial charge is 0.496 e.